The smallest absolute Gasteiger partial charge is 0.406 e. The molecule has 0 heterocycles. The van der Waals surface area contributed by atoms with Gasteiger partial charge in [-0.1, -0.05) is 6.92 Å². The Morgan fingerprint density at radius 3 is 2.17 bits per heavy atom. The van der Waals surface area contributed by atoms with E-state index in [1.165, 1.54) is 4.90 Å². The van der Waals surface area contributed by atoms with Gasteiger partial charge in [0.25, 0.3) is 0 Å². The second-order valence-corrected chi connectivity index (χ2v) is 3.97. The van der Waals surface area contributed by atoms with Crippen molar-refractivity contribution in [3.63, 3.8) is 0 Å². The van der Waals surface area contributed by atoms with E-state index in [2.05, 4.69) is 0 Å². The number of amides is 1. The quantitative estimate of drug-likeness (QED) is 0.743. The number of nitrogens with zero attached hydrogens (tertiary/aromatic N) is 2. The van der Waals surface area contributed by atoms with Gasteiger partial charge in [0.15, 0.2) is 0 Å². The summed E-state index contributed by atoms with van der Waals surface area (Å²) in [5.74, 6) is -1.86. The summed E-state index contributed by atoms with van der Waals surface area (Å²) in [4.78, 5) is 23.8. The Labute approximate surface area is 103 Å². The first-order valence-corrected chi connectivity index (χ1v) is 5.40. The minimum Gasteiger partial charge on any atom is -0.480 e. The van der Waals surface area contributed by atoms with E-state index in [9.17, 15) is 22.8 Å². The van der Waals surface area contributed by atoms with Gasteiger partial charge in [-0.15, -0.1) is 0 Å². The zero-order valence-corrected chi connectivity index (χ0v) is 10.3. The lowest BCUT2D eigenvalue weighted by Crippen LogP contribution is -2.43. The predicted molar refractivity (Wildman–Crippen MR) is 58.1 cm³/mol. The molecular formula is C10H17F3N2O3. The SMILES string of the molecule is CCCN(CC(=O)O)CC(=O)N(C)CC(F)(F)F. The molecule has 0 aromatic heterocycles. The number of alkyl halides is 3. The molecule has 0 atom stereocenters. The first-order valence-electron chi connectivity index (χ1n) is 5.40. The molecule has 0 aliphatic rings. The monoisotopic (exact) mass is 270 g/mol. The van der Waals surface area contributed by atoms with Gasteiger partial charge in [0.2, 0.25) is 5.91 Å². The molecular weight excluding hydrogens is 253 g/mol. The van der Waals surface area contributed by atoms with Crippen molar-refractivity contribution < 1.29 is 27.9 Å². The summed E-state index contributed by atoms with van der Waals surface area (Å²) in [7, 11) is 1.04. The van der Waals surface area contributed by atoms with E-state index in [1.807, 2.05) is 0 Å². The minimum atomic E-state index is -4.45. The Kier molecular flexibility index (Phi) is 6.67. The van der Waals surface area contributed by atoms with Crippen LogP contribution in [0.3, 0.4) is 0 Å². The van der Waals surface area contributed by atoms with Crippen molar-refractivity contribution in [2.75, 3.05) is 33.2 Å². The third kappa shape index (κ3) is 7.88. The second kappa shape index (κ2) is 7.20. The van der Waals surface area contributed by atoms with Crippen LogP contribution in [0, 0.1) is 0 Å². The molecule has 5 nitrogen and oxygen atoms in total. The van der Waals surface area contributed by atoms with Crippen molar-refractivity contribution in [1.82, 2.24) is 9.80 Å². The Bertz CT molecular complexity index is 295. The lowest BCUT2D eigenvalue weighted by Gasteiger charge is -2.24. The molecule has 0 saturated carbocycles. The zero-order chi connectivity index (χ0) is 14.3. The maximum atomic E-state index is 12.1. The highest BCUT2D eigenvalue weighted by Crippen LogP contribution is 2.15. The number of rotatable bonds is 7. The topological polar surface area (TPSA) is 60.9 Å². The number of halogens is 3. The summed E-state index contributed by atoms with van der Waals surface area (Å²) in [6.45, 7) is 0.113. The molecule has 0 aromatic rings. The van der Waals surface area contributed by atoms with E-state index in [0.717, 1.165) is 7.05 Å². The van der Waals surface area contributed by atoms with E-state index in [1.54, 1.807) is 6.92 Å². The summed E-state index contributed by atoms with van der Waals surface area (Å²) < 4.78 is 36.2. The maximum Gasteiger partial charge on any atom is 0.406 e. The van der Waals surface area contributed by atoms with E-state index >= 15 is 0 Å². The highest BCUT2D eigenvalue weighted by Gasteiger charge is 2.31. The van der Waals surface area contributed by atoms with Crippen molar-refractivity contribution >= 4 is 11.9 Å². The van der Waals surface area contributed by atoms with Gasteiger partial charge < -0.3 is 10.0 Å². The molecule has 0 bridgehead atoms. The van der Waals surface area contributed by atoms with Gasteiger partial charge in [-0.25, -0.2) is 0 Å². The van der Waals surface area contributed by atoms with Gasteiger partial charge in [0.1, 0.15) is 6.54 Å². The molecule has 18 heavy (non-hydrogen) atoms. The van der Waals surface area contributed by atoms with Crippen molar-refractivity contribution in [1.29, 1.82) is 0 Å². The van der Waals surface area contributed by atoms with Crippen LogP contribution in [0.2, 0.25) is 0 Å². The molecule has 0 spiro atoms. The lowest BCUT2D eigenvalue weighted by atomic mass is 10.3. The van der Waals surface area contributed by atoms with Crippen LogP contribution in [0.1, 0.15) is 13.3 Å². The fraction of sp³-hybridized carbons (Fsp3) is 0.800. The fourth-order valence-electron chi connectivity index (χ4n) is 1.39. The molecule has 0 radical (unpaired) electrons. The Balaban J connectivity index is 4.35. The predicted octanol–water partition coefficient (Wildman–Crippen LogP) is 0.804. The van der Waals surface area contributed by atoms with E-state index in [-0.39, 0.29) is 13.1 Å². The van der Waals surface area contributed by atoms with Gasteiger partial charge in [-0.05, 0) is 13.0 Å². The first kappa shape index (κ1) is 16.7. The molecule has 0 rings (SSSR count). The Hall–Kier alpha value is -1.31. The number of hydrogen-bond acceptors (Lipinski definition) is 3. The molecule has 0 aromatic carbocycles. The van der Waals surface area contributed by atoms with Crippen LogP contribution in [0.25, 0.3) is 0 Å². The number of carboxylic acid groups (broad SMARTS) is 1. The standard InChI is InChI=1S/C10H17F3N2O3/c1-3-4-15(6-9(17)18)5-8(16)14(2)7-10(11,12)13/h3-7H2,1-2H3,(H,17,18). The van der Waals surface area contributed by atoms with Crippen molar-refractivity contribution in [2.24, 2.45) is 0 Å². The summed E-state index contributed by atoms with van der Waals surface area (Å²) in [6, 6.07) is 0. The number of hydrogen-bond donors (Lipinski definition) is 1. The number of carbonyl (C=O) groups is 2. The molecule has 0 saturated heterocycles. The lowest BCUT2D eigenvalue weighted by molar-refractivity contribution is -0.159. The molecule has 0 unspecified atom stereocenters. The highest BCUT2D eigenvalue weighted by atomic mass is 19.4. The fourth-order valence-corrected chi connectivity index (χ4v) is 1.39. The van der Waals surface area contributed by atoms with Crippen LogP contribution in [-0.4, -0.2) is 66.2 Å². The summed E-state index contributed by atoms with van der Waals surface area (Å²) in [6.07, 6.45) is -3.84. The van der Waals surface area contributed by atoms with Crippen LogP contribution in [-0.2, 0) is 9.59 Å². The summed E-state index contributed by atoms with van der Waals surface area (Å²) >= 11 is 0. The Morgan fingerprint density at radius 2 is 1.78 bits per heavy atom. The van der Waals surface area contributed by atoms with Gasteiger partial charge in [-0.2, -0.15) is 13.2 Å². The van der Waals surface area contributed by atoms with Gasteiger partial charge in [0.05, 0.1) is 13.1 Å². The maximum absolute atomic E-state index is 12.1. The molecule has 8 heteroatoms. The van der Waals surface area contributed by atoms with Crippen LogP contribution < -0.4 is 0 Å². The average molecular weight is 270 g/mol. The van der Waals surface area contributed by atoms with Gasteiger partial charge in [-0.3, -0.25) is 14.5 Å². The zero-order valence-electron chi connectivity index (χ0n) is 10.3. The average Bonchev–Trinajstić information content (AvgIpc) is 2.13. The first-order chi connectivity index (χ1) is 8.15. The van der Waals surface area contributed by atoms with Crippen LogP contribution in [0.4, 0.5) is 13.2 Å². The molecule has 0 aliphatic heterocycles. The normalized spacial score (nSPS) is 11.7. The van der Waals surface area contributed by atoms with Gasteiger partial charge >= 0.3 is 12.1 Å². The van der Waals surface area contributed by atoms with Crippen LogP contribution in [0.5, 0.6) is 0 Å². The van der Waals surface area contributed by atoms with Crippen LogP contribution in [0.15, 0.2) is 0 Å². The minimum absolute atomic E-state index is 0.327. The number of carbonyl (C=O) groups excluding carboxylic acids is 1. The van der Waals surface area contributed by atoms with Crippen molar-refractivity contribution in [3.05, 3.63) is 0 Å². The largest absolute Gasteiger partial charge is 0.480 e. The van der Waals surface area contributed by atoms with Gasteiger partial charge in [0, 0.05) is 7.05 Å². The van der Waals surface area contributed by atoms with Crippen LogP contribution >= 0.6 is 0 Å². The molecule has 1 N–H and O–H groups in total. The number of aliphatic carboxylic acids is 1. The van der Waals surface area contributed by atoms with Crippen molar-refractivity contribution in [3.8, 4) is 0 Å². The summed E-state index contributed by atoms with van der Waals surface area (Å²) in [5.41, 5.74) is 0. The van der Waals surface area contributed by atoms with E-state index < -0.39 is 24.6 Å². The highest BCUT2D eigenvalue weighted by molar-refractivity contribution is 5.79. The molecule has 0 fully saturated rings. The van der Waals surface area contributed by atoms with E-state index in [0.29, 0.717) is 17.9 Å². The third-order valence-electron chi connectivity index (χ3n) is 2.10. The molecule has 1 amide bonds. The molecule has 106 valence electrons. The third-order valence-corrected chi connectivity index (χ3v) is 2.10. The Morgan fingerprint density at radius 1 is 1.22 bits per heavy atom. The number of carboxylic acids is 1. The summed E-state index contributed by atoms with van der Waals surface area (Å²) in [5, 5.41) is 8.60. The molecule has 0 aliphatic carbocycles. The number of likely N-dealkylation sites (N-methyl/N-ethyl adjacent to an activating group) is 1. The van der Waals surface area contributed by atoms with Crippen molar-refractivity contribution in [2.45, 2.75) is 19.5 Å². The second-order valence-electron chi connectivity index (χ2n) is 3.97. The van der Waals surface area contributed by atoms with E-state index in [4.69, 9.17) is 5.11 Å².